The average Bonchev–Trinajstić information content (AvgIpc) is 2.84. The molecule has 0 aliphatic heterocycles. The summed E-state index contributed by atoms with van der Waals surface area (Å²) in [6.07, 6.45) is 1.55. The first-order chi connectivity index (χ1) is 8.69. The zero-order valence-electron chi connectivity index (χ0n) is 9.39. The fourth-order valence-corrected chi connectivity index (χ4v) is 3.13. The van der Waals surface area contributed by atoms with Crippen LogP contribution in [-0.4, -0.2) is 17.6 Å². The highest BCUT2D eigenvalue weighted by atomic mass is 32.2. The van der Waals surface area contributed by atoms with Crippen LogP contribution in [0.4, 0.5) is 0 Å². The van der Waals surface area contributed by atoms with E-state index in [2.05, 4.69) is 5.10 Å². The van der Waals surface area contributed by atoms with Gasteiger partial charge in [-0.25, -0.2) is 0 Å². The lowest BCUT2D eigenvalue weighted by atomic mass is 10.3. The molecule has 18 heavy (non-hydrogen) atoms. The summed E-state index contributed by atoms with van der Waals surface area (Å²) < 4.78 is 25.9. The highest BCUT2D eigenvalue weighted by Gasteiger charge is 2.19. The summed E-state index contributed by atoms with van der Waals surface area (Å²) in [6.45, 7) is 0. The molecule has 0 unspecified atom stereocenters. The maximum Gasteiger partial charge on any atom is 0.283 e. The normalized spacial score (nSPS) is 11.8. The van der Waals surface area contributed by atoms with E-state index in [0.717, 1.165) is 9.47 Å². The van der Waals surface area contributed by atoms with Crippen molar-refractivity contribution < 1.29 is 8.42 Å². The largest absolute Gasteiger partial charge is 0.283 e. The predicted octanol–water partition coefficient (Wildman–Crippen LogP) is 2.27. The highest BCUT2D eigenvalue weighted by molar-refractivity contribution is 7.90. The zero-order valence-corrected chi connectivity index (χ0v) is 10.2. The molecular formula is C13H10N2O2S. The number of aromatic nitrogens is 2. The molecule has 90 valence electrons. The quantitative estimate of drug-likeness (QED) is 0.708. The summed E-state index contributed by atoms with van der Waals surface area (Å²) in [7, 11) is -3.62. The molecule has 0 radical (unpaired) electrons. The molecule has 0 aliphatic carbocycles. The summed E-state index contributed by atoms with van der Waals surface area (Å²) >= 11 is 0. The first-order valence-corrected chi connectivity index (χ1v) is 6.87. The van der Waals surface area contributed by atoms with Gasteiger partial charge < -0.3 is 0 Å². The number of benzene rings is 2. The fraction of sp³-hybridized carbons (Fsp3) is 0. The van der Waals surface area contributed by atoms with Crippen LogP contribution in [0.25, 0.3) is 10.9 Å². The lowest BCUT2D eigenvalue weighted by Crippen LogP contribution is -2.14. The van der Waals surface area contributed by atoms with E-state index in [1.807, 2.05) is 12.1 Å². The van der Waals surface area contributed by atoms with Crippen LogP contribution >= 0.6 is 0 Å². The average molecular weight is 258 g/mol. The van der Waals surface area contributed by atoms with Gasteiger partial charge in [-0.3, -0.25) is 0 Å². The van der Waals surface area contributed by atoms with Crippen molar-refractivity contribution in [1.29, 1.82) is 0 Å². The second kappa shape index (κ2) is 3.96. The number of hydrogen-bond donors (Lipinski definition) is 0. The van der Waals surface area contributed by atoms with Crippen molar-refractivity contribution in [3.63, 3.8) is 0 Å². The Bertz CT molecular complexity index is 792. The molecule has 2 aromatic carbocycles. The number of hydrogen-bond acceptors (Lipinski definition) is 3. The van der Waals surface area contributed by atoms with Crippen LogP contribution in [0.3, 0.4) is 0 Å². The minimum atomic E-state index is -3.62. The van der Waals surface area contributed by atoms with Gasteiger partial charge >= 0.3 is 0 Å². The van der Waals surface area contributed by atoms with Gasteiger partial charge in [0.15, 0.2) is 0 Å². The van der Waals surface area contributed by atoms with Crippen molar-refractivity contribution in [1.82, 2.24) is 9.19 Å². The number of rotatable bonds is 2. The molecule has 0 bridgehead atoms. The molecule has 5 heteroatoms. The second-order valence-corrected chi connectivity index (χ2v) is 5.63. The third kappa shape index (κ3) is 1.60. The SMILES string of the molecule is O=S(=O)(c1ccccc1)n1ncc2ccccc21. The van der Waals surface area contributed by atoms with Crippen LogP contribution in [0, 0.1) is 0 Å². The maximum absolute atomic E-state index is 12.4. The maximum atomic E-state index is 12.4. The smallest absolute Gasteiger partial charge is 0.199 e. The summed E-state index contributed by atoms with van der Waals surface area (Å²) in [5.41, 5.74) is 0.585. The Morgan fingerprint density at radius 1 is 0.889 bits per heavy atom. The van der Waals surface area contributed by atoms with Gasteiger partial charge in [-0.05, 0) is 18.2 Å². The van der Waals surface area contributed by atoms with E-state index in [9.17, 15) is 8.42 Å². The summed E-state index contributed by atoms with van der Waals surface area (Å²) in [4.78, 5) is 0.235. The molecule has 0 spiro atoms. The van der Waals surface area contributed by atoms with Gasteiger partial charge in [0.1, 0.15) is 0 Å². The molecule has 0 saturated carbocycles. The predicted molar refractivity (Wildman–Crippen MR) is 68.8 cm³/mol. The summed E-state index contributed by atoms with van der Waals surface area (Å²) in [5, 5.41) is 4.77. The van der Waals surface area contributed by atoms with E-state index >= 15 is 0 Å². The third-order valence-electron chi connectivity index (χ3n) is 2.71. The molecule has 0 N–H and O–H groups in total. The van der Waals surface area contributed by atoms with Crippen LogP contribution in [0.5, 0.6) is 0 Å². The Labute approximate surface area is 105 Å². The van der Waals surface area contributed by atoms with E-state index in [4.69, 9.17) is 0 Å². The second-order valence-electron chi connectivity index (χ2n) is 3.86. The topological polar surface area (TPSA) is 52.0 Å². The van der Waals surface area contributed by atoms with E-state index in [-0.39, 0.29) is 4.90 Å². The van der Waals surface area contributed by atoms with Gasteiger partial charge in [0.2, 0.25) is 0 Å². The Balaban J connectivity index is 2.27. The van der Waals surface area contributed by atoms with Gasteiger partial charge in [-0.2, -0.15) is 17.6 Å². The van der Waals surface area contributed by atoms with E-state index in [1.54, 1.807) is 48.7 Å². The molecular weight excluding hydrogens is 248 g/mol. The Morgan fingerprint density at radius 3 is 2.33 bits per heavy atom. The first kappa shape index (κ1) is 11.0. The Morgan fingerprint density at radius 2 is 1.56 bits per heavy atom. The zero-order chi connectivity index (χ0) is 12.6. The summed E-state index contributed by atoms with van der Waals surface area (Å²) in [5.74, 6) is 0. The first-order valence-electron chi connectivity index (χ1n) is 5.43. The fourth-order valence-electron chi connectivity index (χ4n) is 1.83. The van der Waals surface area contributed by atoms with Gasteiger partial charge in [0, 0.05) is 5.39 Å². The van der Waals surface area contributed by atoms with Crippen molar-refractivity contribution >= 4 is 20.9 Å². The monoisotopic (exact) mass is 258 g/mol. The molecule has 0 atom stereocenters. The molecule has 1 heterocycles. The van der Waals surface area contributed by atoms with Crippen molar-refractivity contribution in [3.8, 4) is 0 Å². The van der Waals surface area contributed by atoms with Gasteiger partial charge in [-0.15, -0.1) is 0 Å². The standard InChI is InChI=1S/C13H10N2O2S/c16-18(17,12-7-2-1-3-8-12)15-13-9-5-4-6-11(13)10-14-15/h1-10H. The van der Waals surface area contributed by atoms with Crippen LogP contribution in [0.15, 0.2) is 65.7 Å². The van der Waals surface area contributed by atoms with Crippen molar-refractivity contribution in [3.05, 3.63) is 60.8 Å². The highest BCUT2D eigenvalue weighted by Crippen LogP contribution is 2.19. The van der Waals surface area contributed by atoms with Crippen molar-refractivity contribution in [2.24, 2.45) is 0 Å². The summed E-state index contributed by atoms with van der Waals surface area (Å²) in [6, 6.07) is 15.5. The van der Waals surface area contributed by atoms with Crippen LogP contribution in [0.2, 0.25) is 0 Å². The van der Waals surface area contributed by atoms with Gasteiger partial charge in [0.05, 0.1) is 16.6 Å². The molecule has 0 amide bonds. The van der Waals surface area contributed by atoms with Gasteiger partial charge in [0.25, 0.3) is 10.0 Å². The molecule has 1 aromatic heterocycles. The van der Waals surface area contributed by atoms with Crippen LogP contribution in [-0.2, 0) is 10.0 Å². The molecule has 3 aromatic rings. The number of fused-ring (bicyclic) bond motifs is 1. The number of para-hydroxylation sites is 1. The van der Waals surface area contributed by atoms with Gasteiger partial charge in [-0.1, -0.05) is 36.4 Å². The molecule has 0 saturated heterocycles. The molecule has 4 nitrogen and oxygen atoms in total. The Kier molecular flexibility index (Phi) is 2.41. The van der Waals surface area contributed by atoms with E-state index < -0.39 is 10.0 Å². The minimum absolute atomic E-state index is 0.235. The third-order valence-corrected chi connectivity index (χ3v) is 4.33. The minimum Gasteiger partial charge on any atom is -0.199 e. The number of nitrogens with zero attached hydrogens (tertiary/aromatic N) is 2. The van der Waals surface area contributed by atoms with Crippen molar-refractivity contribution in [2.75, 3.05) is 0 Å². The van der Waals surface area contributed by atoms with E-state index in [1.165, 1.54) is 0 Å². The lowest BCUT2D eigenvalue weighted by molar-refractivity contribution is 0.582. The van der Waals surface area contributed by atoms with Crippen molar-refractivity contribution in [2.45, 2.75) is 4.90 Å². The van der Waals surface area contributed by atoms with E-state index in [0.29, 0.717) is 5.52 Å². The lowest BCUT2D eigenvalue weighted by Gasteiger charge is -2.05. The van der Waals surface area contributed by atoms with Crippen LogP contribution in [0.1, 0.15) is 0 Å². The Hall–Kier alpha value is -2.14. The molecule has 3 rings (SSSR count). The molecule has 0 fully saturated rings. The van der Waals surface area contributed by atoms with Crippen LogP contribution < -0.4 is 0 Å². The molecule has 0 aliphatic rings.